The molecule has 0 saturated carbocycles. The predicted octanol–water partition coefficient (Wildman–Crippen LogP) is 7.49. The molecular weight excluding hydrogens is 499 g/mol. The first-order valence-electron chi connectivity index (χ1n) is 11.3. The summed E-state index contributed by atoms with van der Waals surface area (Å²) in [5, 5.41) is 15.6. The Kier molecular flexibility index (Phi) is 8.13. The number of halogens is 2. The van der Waals surface area contributed by atoms with Crippen LogP contribution < -0.4 is 0 Å². The summed E-state index contributed by atoms with van der Waals surface area (Å²) in [6.45, 7) is 3.95. The standard InChI is InChI=1S/C28H24ClFN2O3S/c1-3-35-28(33)27-13-21(16-36-27)18-4-6-19(7-5-18)24(23-9-8-22(29)14-25(23)30)15-26(32-34)20-10-11-31-17(2)12-20/h4-14,16,24,34H,3,15H2,1-2H3/b32-26+. The van der Waals surface area contributed by atoms with Gasteiger partial charge in [-0.15, -0.1) is 11.3 Å². The number of thiophene rings is 1. The number of hydrogen-bond donors (Lipinski definition) is 1. The quantitative estimate of drug-likeness (QED) is 0.113. The van der Waals surface area contributed by atoms with Crippen LogP contribution in [0.1, 0.15) is 51.3 Å². The van der Waals surface area contributed by atoms with Crippen LogP contribution in [0.25, 0.3) is 11.1 Å². The molecule has 0 aliphatic rings. The first-order valence-corrected chi connectivity index (χ1v) is 12.6. The molecule has 1 unspecified atom stereocenters. The molecule has 0 saturated heterocycles. The molecule has 4 aromatic rings. The maximum Gasteiger partial charge on any atom is 0.348 e. The molecule has 0 radical (unpaired) electrons. The van der Waals surface area contributed by atoms with Gasteiger partial charge in [-0.2, -0.15) is 0 Å². The van der Waals surface area contributed by atoms with Crippen LogP contribution in [0.15, 0.2) is 77.4 Å². The molecular formula is C28H24ClFN2O3S. The number of oxime groups is 1. The number of benzene rings is 2. The van der Waals surface area contributed by atoms with E-state index < -0.39 is 11.7 Å². The van der Waals surface area contributed by atoms with E-state index in [2.05, 4.69) is 10.1 Å². The summed E-state index contributed by atoms with van der Waals surface area (Å²) in [5.74, 6) is -1.21. The fourth-order valence-electron chi connectivity index (χ4n) is 4.03. The van der Waals surface area contributed by atoms with E-state index in [4.69, 9.17) is 16.3 Å². The molecule has 0 aliphatic carbocycles. The fraction of sp³-hybridized carbons (Fsp3) is 0.179. The van der Waals surface area contributed by atoms with E-state index in [0.717, 1.165) is 22.4 Å². The van der Waals surface area contributed by atoms with Crippen LogP contribution in [0.4, 0.5) is 4.39 Å². The van der Waals surface area contributed by atoms with Crippen molar-refractivity contribution in [2.45, 2.75) is 26.2 Å². The summed E-state index contributed by atoms with van der Waals surface area (Å²) < 4.78 is 20.1. The first kappa shape index (κ1) is 25.5. The van der Waals surface area contributed by atoms with Crippen molar-refractivity contribution >= 4 is 34.6 Å². The van der Waals surface area contributed by atoms with Crippen molar-refractivity contribution in [3.05, 3.63) is 110 Å². The van der Waals surface area contributed by atoms with Gasteiger partial charge in [0.05, 0.1) is 12.3 Å². The normalized spacial score (nSPS) is 12.4. The highest BCUT2D eigenvalue weighted by molar-refractivity contribution is 7.12. The Balaban J connectivity index is 1.69. The monoisotopic (exact) mass is 522 g/mol. The van der Waals surface area contributed by atoms with Crippen LogP contribution in [0.3, 0.4) is 0 Å². The van der Waals surface area contributed by atoms with Gasteiger partial charge >= 0.3 is 5.97 Å². The average Bonchev–Trinajstić information content (AvgIpc) is 3.36. The minimum atomic E-state index is -0.437. The van der Waals surface area contributed by atoms with Crippen molar-refractivity contribution in [2.24, 2.45) is 5.16 Å². The summed E-state index contributed by atoms with van der Waals surface area (Å²) in [4.78, 5) is 16.8. The number of rotatable bonds is 8. The Morgan fingerprint density at radius 3 is 2.58 bits per heavy atom. The van der Waals surface area contributed by atoms with Crippen molar-refractivity contribution in [3.63, 3.8) is 0 Å². The van der Waals surface area contributed by atoms with Crippen LogP contribution in [-0.4, -0.2) is 28.5 Å². The highest BCUT2D eigenvalue weighted by atomic mass is 35.5. The van der Waals surface area contributed by atoms with Gasteiger partial charge in [0, 0.05) is 34.8 Å². The van der Waals surface area contributed by atoms with Crippen LogP contribution in [0, 0.1) is 12.7 Å². The van der Waals surface area contributed by atoms with E-state index in [-0.39, 0.29) is 12.4 Å². The minimum absolute atomic E-state index is 0.253. The number of aryl methyl sites for hydroxylation is 1. The smallest absolute Gasteiger partial charge is 0.348 e. The number of aromatic nitrogens is 1. The van der Waals surface area contributed by atoms with Gasteiger partial charge in [-0.3, -0.25) is 4.98 Å². The lowest BCUT2D eigenvalue weighted by Gasteiger charge is -2.20. The maximum absolute atomic E-state index is 15.1. The van der Waals surface area contributed by atoms with Gasteiger partial charge in [-0.05, 0) is 71.8 Å². The molecule has 2 aromatic carbocycles. The summed E-state index contributed by atoms with van der Waals surface area (Å²) in [6, 6.07) is 17.7. The summed E-state index contributed by atoms with van der Waals surface area (Å²) in [5.41, 5.74) is 5.01. The highest BCUT2D eigenvalue weighted by Gasteiger charge is 2.22. The predicted molar refractivity (Wildman–Crippen MR) is 141 cm³/mol. The fourth-order valence-corrected chi connectivity index (χ4v) is 5.00. The number of carbonyl (C=O) groups is 1. The van der Waals surface area contributed by atoms with Gasteiger partial charge in [0.25, 0.3) is 0 Å². The molecule has 0 aliphatic heterocycles. The second-order valence-corrected chi connectivity index (χ2v) is 9.54. The Bertz CT molecular complexity index is 1400. The zero-order valence-corrected chi connectivity index (χ0v) is 21.3. The molecule has 8 heteroatoms. The molecule has 2 aromatic heterocycles. The third-order valence-corrected chi connectivity index (χ3v) is 6.95. The molecule has 0 fully saturated rings. The zero-order valence-electron chi connectivity index (χ0n) is 19.7. The number of esters is 1. The Labute approximate surface area is 217 Å². The molecule has 0 amide bonds. The van der Waals surface area contributed by atoms with Gasteiger partial charge in [0.2, 0.25) is 0 Å². The number of carbonyl (C=O) groups excluding carboxylic acids is 1. The lowest BCUT2D eigenvalue weighted by atomic mass is 9.84. The van der Waals surface area contributed by atoms with Gasteiger partial charge in [-0.25, -0.2) is 9.18 Å². The van der Waals surface area contributed by atoms with E-state index in [0.29, 0.717) is 33.3 Å². The molecule has 1 atom stereocenters. The Hall–Kier alpha value is -3.55. The van der Waals surface area contributed by atoms with Crippen LogP contribution >= 0.6 is 22.9 Å². The summed E-state index contributed by atoms with van der Waals surface area (Å²) in [7, 11) is 0. The Morgan fingerprint density at radius 2 is 1.92 bits per heavy atom. The van der Waals surface area contributed by atoms with Crippen LogP contribution in [0.5, 0.6) is 0 Å². The molecule has 184 valence electrons. The van der Waals surface area contributed by atoms with Crippen LogP contribution in [-0.2, 0) is 4.74 Å². The van der Waals surface area contributed by atoms with Gasteiger partial charge in [0.15, 0.2) is 0 Å². The minimum Gasteiger partial charge on any atom is -0.462 e. The van der Waals surface area contributed by atoms with E-state index in [1.807, 2.05) is 42.6 Å². The molecule has 2 heterocycles. The topological polar surface area (TPSA) is 71.8 Å². The summed E-state index contributed by atoms with van der Waals surface area (Å²) >= 11 is 7.33. The number of pyridine rings is 1. The molecule has 1 N–H and O–H groups in total. The Morgan fingerprint density at radius 1 is 1.14 bits per heavy atom. The molecule has 36 heavy (non-hydrogen) atoms. The number of ether oxygens (including phenoxy) is 1. The second kappa shape index (κ2) is 11.5. The van der Waals surface area contributed by atoms with E-state index in [1.54, 1.807) is 37.4 Å². The van der Waals surface area contributed by atoms with Gasteiger partial charge in [0.1, 0.15) is 10.7 Å². The van der Waals surface area contributed by atoms with Crippen molar-refractivity contribution < 1.29 is 19.1 Å². The average molecular weight is 523 g/mol. The molecule has 0 bridgehead atoms. The highest BCUT2D eigenvalue weighted by Crippen LogP contribution is 2.34. The van der Waals surface area contributed by atoms with E-state index in [9.17, 15) is 10.0 Å². The third kappa shape index (κ3) is 5.80. The number of nitrogens with zero attached hydrogens (tertiary/aromatic N) is 2. The molecule has 5 nitrogen and oxygen atoms in total. The lowest BCUT2D eigenvalue weighted by molar-refractivity contribution is 0.0532. The zero-order chi connectivity index (χ0) is 25.7. The maximum atomic E-state index is 15.1. The SMILES string of the molecule is CCOC(=O)c1cc(-c2ccc(C(C/C(=N\O)c3ccnc(C)c3)c3ccc(Cl)cc3F)cc2)cs1. The van der Waals surface area contributed by atoms with E-state index >= 15 is 4.39 Å². The van der Waals surface area contributed by atoms with Gasteiger partial charge in [-0.1, -0.05) is 47.1 Å². The third-order valence-electron chi connectivity index (χ3n) is 5.81. The molecule has 4 rings (SSSR count). The van der Waals surface area contributed by atoms with Crippen molar-refractivity contribution in [1.82, 2.24) is 4.98 Å². The van der Waals surface area contributed by atoms with Crippen molar-refractivity contribution in [1.29, 1.82) is 0 Å². The lowest BCUT2D eigenvalue weighted by Crippen LogP contribution is -2.12. The van der Waals surface area contributed by atoms with Crippen LogP contribution in [0.2, 0.25) is 5.02 Å². The second-order valence-electron chi connectivity index (χ2n) is 8.20. The van der Waals surface area contributed by atoms with Crippen molar-refractivity contribution in [3.8, 4) is 11.1 Å². The number of hydrogen-bond acceptors (Lipinski definition) is 6. The van der Waals surface area contributed by atoms with E-state index in [1.165, 1.54) is 17.4 Å². The molecule has 0 spiro atoms. The summed E-state index contributed by atoms with van der Waals surface area (Å²) in [6.07, 6.45) is 1.90. The van der Waals surface area contributed by atoms with Crippen molar-refractivity contribution in [2.75, 3.05) is 6.61 Å². The first-order chi connectivity index (χ1) is 17.4. The van der Waals surface area contributed by atoms with Gasteiger partial charge < -0.3 is 9.94 Å². The largest absolute Gasteiger partial charge is 0.462 e.